The summed E-state index contributed by atoms with van der Waals surface area (Å²) in [5.41, 5.74) is -0.347. The molecule has 0 aromatic rings. The minimum absolute atomic E-state index is 0.0102. The van der Waals surface area contributed by atoms with Gasteiger partial charge in [0.25, 0.3) is 0 Å². The summed E-state index contributed by atoms with van der Waals surface area (Å²) in [5, 5.41) is 0. The predicted molar refractivity (Wildman–Crippen MR) is 80.9 cm³/mol. The lowest BCUT2D eigenvalue weighted by molar-refractivity contribution is 0.00578. The van der Waals surface area contributed by atoms with Gasteiger partial charge in [0, 0.05) is 0 Å². The van der Waals surface area contributed by atoms with Crippen molar-refractivity contribution in [1.82, 2.24) is 0 Å². The molecule has 0 bridgehead atoms. The molecule has 18 heavy (non-hydrogen) atoms. The summed E-state index contributed by atoms with van der Waals surface area (Å²) in [6.45, 7) is 17.2. The lowest BCUT2D eigenvalue weighted by Gasteiger charge is -2.32. The molecule has 3 heteroatoms. The maximum absolute atomic E-state index is 5.94. The molecule has 1 aliphatic heterocycles. The highest BCUT2D eigenvalue weighted by Crippen LogP contribution is 2.38. The summed E-state index contributed by atoms with van der Waals surface area (Å²) < 4.78 is 11.9. The van der Waals surface area contributed by atoms with Crippen molar-refractivity contribution in [3.63, 3.8) is 0 Å². The standard InChI is InChI=1S/C12H25BO2.C3H8/c1-7-10(2)8-9-13-14-11(3,4)12(5,6)15-13;1-3-2/h10H,7-9H2,1-6H3;3H2,1-2H3. The Labute approximate surface area is 115 Å². The molecule has 1 atom stereocenters. The normalized spacial score (nSPS) is 22.3. The van der Waals surface area contributed by atoms with E-state index in [-0.39, 0.29) is 18.3 Å². The van der Waals surface area contributed by atoms with E-state index >= 15 is 0 Å². The van der Waals surface area contributed by atoms with Gasteiger partial charge in [-0.2, -0.15) is 0 Å². The molecule has 0 aromatic heterocycles. The third-order valence-electron chi connectivity index (χ3n) is 3.89. The van der Waals surface area contributed by atoms with Crippen molar-refractivity contribution in [1.29, 1.82) is 0 Å². The van der Waals surface area contributed by atoms with E-state index in [1.54, 1.807) is 0 Å². The van der Waals surface area contributed by atoms with E-state index in [9.17, 15) is 0 Å². The van der Waals surface area contributed by atoms with Gasteiger partial charge in [0.05, 0.1) is 11.2 Å². The van der Waals surface area contributed by atoms with E-state index in [4.69, 9.17) is 9.31 Å². The highest BCUT2D eigenvalue weighted by Gasteiger charge is 2.50. The lowest BCUT2D eigenvalue weighted by Crippen LogP contribution is -2.41. The molecule has 0 aromatic carbocycles. The van der Waals surface area contributed by atoms with Crippen molar-refractivity contribution >= 4 is 7.12 Å². The van der Waals surface area contributed by atoms with Crippen LogP contribution in [0, 0.1) is 5.92 Å². The van der Waals surface area contributed by atoms with Crippen LogP contribution in [0.2, 0.25) is 6.32 Å². The SMILES string of the molecule is CCC.CCC(C)CCB1OC(C)(C)C(C)(C)O1. The third-order valence-corrected chi connectivity index (χ3v) is 3.89. The molecule has 0 amide bonds. The van der Waals surface area contributed by atoms with E-state index in [0.717, 1.165) is 12.2 Å². The van der Waals surface area contributed by atoms with E-state index in [2.05, 4.69) is 55.4 Å². The predicted octanol–water partition coefficient (Wildman–Crippen LogP) is 4.93. The van der Waals surface area contributed by atoms with E-state index in [0.29, 0.717) is 0 Å². The summed E-state index contributed by atoms with van der Waals surface area (Å²) in [6.07, 6.45) is 4.69. The molecule has 108 valence electrons. The quantitative estimate of drug-likeness (QED) is 0.664. The molecule has 1 heterocycles. The number of rotatable bonds is 4. The van der Waals surface area contributed by atoms with Gasteiger partial charge in [-0.3, -0.25) is 0 Å². The summed E-state index contributed by atoms with van der Waals surface area (Å²) in [7, 11) is -0.0102. The highest BCUT2D eigenvalue weighted by atomic mass is 16.7. The van der Waals surface area contributed by atoms with Crippen LogP contribution in [0.4, 0.5) is 0 Å². The van der Waals surface area contributed by atoms with E-state index in [1.807, 2.05) is 0 Å². The van der Waals surface area contributed by atoms with Crippen LogP contribution in [0.5, 0.6) is 0 Å². The average molecular weight is 256 g/mol. The van der Waals surface area contributed by atoms with Gasteiger partial charge in [-0.25, -0.2) is 0 Å². The van der Waals surface area contributed by atoms with Crippen molar-refractivity contribution < 1.29 is 9.31 Å². The fraction of sp³-hybridized carbons (Fsp3) is 1.00. The molecule has 1 unspecified atom stereocenters. The fourth-order valence-corrected chi connectivity index (χ4v) is 1.71. The van der Waals surface area contributed by atoms with Crippen LogP contribution in [0.15, 0.2) is 0 Å². The van der Waals surface area contributed by atoms with Gasteiger partial charge in [0.1, 0.15) is 0 Å². The molecule has 2 nitrogen and oxygen atoms in total. The van der Waals surface area contributed by atoms with Gasteiger partial charge < -0.3 is 9.31 Å². The molecule has 0 spiro atoms. The number of hydrogen-bond acceptors (Lipinski definition) is 2. The van der Waals surface area contributed by atoms with Gasteiger partial charge in [-0.15, -0.1) is 0 Å². The zero-order chi connectivity index (χ0) is 14.4. The minimum Gasteiger partial charge on any atom is -0.403 e. The number of hydrogen-bond donors (Lipinski definition) is 0. The smallest absolute Gasteiger partial charge is 0.403 e. The van der Waals surface area contributed by atoms with Crippen LogP contribution in [-0.4, -0.2) is 18.3 Å². The van der Waals surface area contributed by atoms with Gasteiger partial charge in [0.2, 0.25) is 0 Å². The zero-order valence-electron chi connectivity index (χ0n) is 13.8. The Kier molecular flexibility index (Phi) is 7.54. The fourth-order valence-electron chi connectivity index (χ4n) is 1.71. The molecule has 1 saturated heterocycles. The Bertz CT molecular complexity index is 211. The van der Waals surface area contributed by atoms with Crippen LogP contribution in [0.1, 0.15) is 74.7 Å². The Hall–Kier alpha value is -0.0151. The average Bonchev–Trinajstić information content (AvgIpc) is 2.45. The van der Waals surface area contributed by atoms with Crippen LogP contribution in [0.25, 0.3) is 0 Å². The maximum Gasteiger partial charge on any atom is 0.457 e. The largest absolute Gasteiger partial charge is 0.457 e. The van der Waals surface area contributed by atoms with Crippen molar-refractivity contribution in [3.8, 4) is 0 Å². The molecular weight excluding hydrogens is 223 g/mol. The maximum atomic E-state index is 5.94. The second kappa shape index (κ2) is 7.54. The van der Waals surface area contributed by atoms with E-state index < -0.39 is 0 Å². The molecule has 0 aliphatic carbocycles. The first-order chi connectivity index (χ1) is 8.20. The summed E-state index contributed by atoms with van der Waals surface area (Å²) in [4.78, 5) is 0. The van der Waals surface area contributed by atoms with Crippen LogP contribution in [0.3, 0.4) is 0 Å². The molecule has 1 aliphatic rings. The summed E-state index contributed by atoms with van der Waals surface area (Å²) in [6, 6.07) is 0. The second-order valence-electron chi connectivity index (χ2n) is 6.48. The van der Waals surface area contributed by atoms with Crippen LogP contribution < -0.4 is 0 Å². The lowest BCUT2D eigenvalue weighted by atomic mass is 9.80. The molecule has 1 rings (SSSR count). The first-order valence-corrected chi connectivity index (χ1v) is 7.55. The van der Waals surface area contributed by atoms with Crippen molar-refractivity contribution in [2.75, 3.05) is 0 Å². The first kappa shape index (κ1) is 18.0. The summed E-state index contributed by atoms with van der Waals surface area (Å²) in [5.74, 6) is 0.768. The Morgan fingerprint density at radius 1 is 0.944 bits per heavy atom. The van der Waals surface area contributed by atoms with Gasteiger partial charge in [0.15, 0.2) is 0 Å². The molecule has 0 radical (unpaired) electrons. The topological polar surface area (TPSA) is 18.5 Å². The monoisotopic (exact) mass is 256 g/mol. The molecule has 0 saturated carbocycles. The summed E-state index contributed by atoms with van der Waals surface area (Å²) >= 11 is 0. The minimum atomic E-state index is -0.173. The zero-order valence-corrected chi connectivity index (χ0v) is 13.8. The molecule has 1 fully saturated rings. The van der Waals surface area contributed by atoms with E-state index in [1.165, 1.54) is 19.3 Å². The van der Waals surface area contributed by atoms with Crippen molar-refractivity contribution in [2.45, 2.75) is 92.2 Å². The van der Waals surface area contributed by atoms with Gasteiger partial charge >= 0.3 is 7.12 Å². The Morgan fingerprint density at radius 3 is 1.67 bits per heavy atom. The van der Waals surface area contributed by atoms with Gasteiger partial charge in [-0.1, -0.05) is 47.0 Å². The first-order valence-electron chi connectivity index (χ1n) is 7.55. The molecular formula is C15H33BO2. The highest BCUT2D eigenvalue weighted by molar-refractivity contribution is 6.45. The van der Waals surface area contributed by atoms with Crippen molar-refractivity contribution in [2.24, 2.45) is 5.92 Å². The Balaban J connectivity index is 0.000000873. The third kappa shape index (κ3) is 5.32. The second-order valence-corrected chi connectivity index (χ2v) is 6.48. The van der Waals surface area contributed by atoms with Crippen LogP contribution >= 0.6 is 0 Å². The Morgan fingerprint density at radius 2 is 1.33 bits per heavy atom. The van der Waals surface area contributed by atoms with Crippen molar-refractivity contribution in [3.05, 3.63) is 0 Å². The van der Waals surface area contributed by atoms with Crippen LogP contribution in [-0.2, 0) is 9.31 Å². The molecule has 0 N–H and O–H groups in total. The van der Waals surface area contributed by atoms with Gasteiger partial charge in [-0.05, 0) is 39.9 Å².